The Hall–Kier alpha value is -3.42. The molecule has 176 valence electrons. The maximum Gasteiger partial charge on any atom is 0.227 e. The van der Waals surface area contributed by atoms with Crippen LogP contribution in [0.1, 0.15) is 24.0 Å². The van der Waals surface area contributed by atoms with E-state index in [1.165, 1.54) is 32.6 Å². The number of hydrogen-bond acceptors (Lipinski definition) is 6. The largest absolute Gasteiger partial charge is 0.493 e. The molecule has 0 radical (unpaired) electrons. The highest BCUT2D eigenvalue weighted by Gasteiger charge is 2.36. The van der Waals surface area contributed by atoms with Crippen molar-refractivity contribution in [2.45, 2.75) is 25.8 Å². The van der Waals surface area contributed by atoms with Gasteiger partial charge in [0.25, 0.3) is 0 Å². The summed E-state index contributed by atoms with van der Waals surface area (Å²) in [5, 5.41) is 3.01. The first kappa shape index (κ1) is 22.8. The van der Waals surface area contributed by atoms with Gasteiger partial charge in [-0.25, -0.2) is 0 Å². The summed E-state index contributed by atoms with van der Waals surface area (Å²) in [5.74, 6) is 0.742. The molecule has 2 heterocycles. The van der Waals surface area contributed by atoms with Crippen molar-refractivity contribution in [1.29, 1.82) is 0 Å². The maximum absolute atomic E-state index is 12.9. The zero-order valence-electron chi connectivity index (χ0n) is 19.6. The van der Waals surface area contributed by atoms with E-state index in [1.54, 1.807) is 17.0 Å². The molecule has 0 saturated carbocycles. The number of fused-ring (bicyclic) bond motifs is 1. The van der Waals surface area contributed by atoms with E-state index in [-0.39, 0.29) is 18.2 Å². The molecule has 1 saturated heterocycles. The third-order valence-electron chi connectivity index (χ3n) is 6.42. The van der Waals surface area contributed by atoms with Crippen LogP contribution in [-0.2, 0) is 22.6 Å². The van der Waals surface area contributed by atoms with Gasteiger partial charge >= 0.3 is 0 Å². The van der Waals surface area contributed by atoms with Crippen molar-refractivity contribution >= 4 is 23.2 Å². The maximum atomic E-state index is 12.9. The van der Waals surface area contributed by atoms with Crippen LogP contribution in [0.3, 0.4) is 0 Å². The topological polar surface area (TPSA) is 80.3 Å². The van der Waals surface area contributed by atoms with Gasteiger partial charge in [0.2, 0.25) is 17.6 Å². The van der Waals surface area contributed by atoms with E-state index < -0.39 is 5.92 Å². The number of nitrogens with one attached hydrogen (secondary N) is 1. The second-order valence-corrected chi connectivity index (χ2v) is 8.49. The van der Waals surface area contributed by atoms with Crippen LogP contribution in [0.2, 0.25) is 0 Å². The minimum Gasteiger partial charge on any atom is -0.493 e. The van der Waals surface area contributed by atoms with Crippen LogP contribution in [0.15, 0.2) is 30.3 Å². The molecule has 2 aliphatic rings. The Morgan fingerprint density at radius 3 is 2.48 bits per heavy atom. The molecule has 4 rings (SSSR count). The van der Waals surface area contributed by atoms with Crippen molar-refractivity contribution in [2.24, 2.45) is 5.92 Å². The summed E-state index contributed by atoms with van der Waals surface area (Å²) < 4.78 is 16.2. The molecule has 2 aromatic rings. The number of carbonyl (C=O) groups is 2. The van der Waals surface area contributed by atoms with Crippen LogP contribution in [-0.4, -0.2) is 53.3 Å². The monoisotopic (exact) mass is 453 g/mol. The van der Waals surface area contributed by atoms with E-state index in [4.69, 9.17) is 14.2 Å². The van der Waals surface area contributed by atoms with Gasteiger partial charge in [-0.05, 0) is 30.0 Å². The molecule has 2 aromatic carbocycles. The van der Waals surface area contributed by atoms with Gasteiger partial charge in [0.15, 0.2) is 11.5 Å². The quantitative estimate of drug-likeness (QED) is 0.695. The third-order valence-corrected chi connectivity index (χ3v) is 6.42. The van der Waals surface area contributed by atoms with Gasteiger partial charge in [0.05, 0.1) is 32.9 Å². The fourth-order valence-electron chi connectivity index (χ4n) is 4.64. The molecule has 0 bridgehead atoms. The third kappa shape index (κ3) is 4.55. The summed E-state index contributed by atoms with van der Waals surface area (Å²) in [6.45, 7) is 1.82. The predicted octanol–water partition coefficient (Wildman–Crippen LogP) is 2.76. The van der Waals surface area contributed by atoms with Gasteiger partial charge in [-0.3, -0.25) is 9.59 Å². The molecule has 8 nitrogen and oxygen atoms in total. The summed E-state index contributed by atoms with van der Waals surface area (Å²) in [6.07, 6.45) is 2.36. The fourth-order valence-corrected chi connectivity index (χ4v) is 4.64. The molecule has 0 spiro atoms. The highest BCUT2D eigenvalue weighted by atomic mass is 16.5. The molecule has 0 aromatic heterocycles. The Kier molecular flexibility index (Phi) is 6.62. The van der Waals surface area contributed by atoms with E-state index >= 15 is 0 Å². The predicted molar refractivity (Wildman–Crippen MR) is 126 cm³/mol. The second-order valence-electron chi connectivity index (χ2n) is 8.49. The average Bonchev–Trinajstić information content (AvgIpc) is 3.23. The van der Waals surface area contributed by atoms with E-state index in [2.05, 4.69) is 35.5 Å². The number of hydrogen-bond donors (Lipinski definition) is 1. The van der Waals surface area contributed by atoms with Crippen LogP contribution in [0.25, 0.3) is 0 Å². The smallest absolute Gasteiger partial charge is 0.227 e. The highest BCUT2D eigenvalue weighted by Crippen LogP contribution is 2.42. The first-order chi connectivity index (χ1) is 15.9. The van der Waals surface area contributed by atoms with Gasteiger partial charge in [-0.2, -0.15) is 0 Å². The van der Waals surface area contributed by atoms with Crippen LogP contribution >= 0.6 is 0 Å². The second kappa shape index (κ2) is 9.60. The molecule has 8 heteroatoms. The van der Waals surface area contributed by atoms with Gasteiger partial charge in [-0.1, -0.05) is 12.1 Å². The summed E-state index contributed by atoms with van der Waals surface area (Å²) >= 11 is 0. The Bertz CT molecular complexity index is 1030. The average molecular weight is 454 g/mol. The molecule has 2 aliphatic heterocycles. The number of nitrogens with zero attached hydrogens (tertiary/aromatic N) is 2. The summed E-state index contributed by atoms with van der Waals surface area (Å²) in [7, 11) is 6.70. The minimum atomic E-state index is -0.416. The van der Waals surface area contributed by atoms with Crippen molar-refractivity contribution in [3.8, 4) is 17.2 Å². The summed E-state index contributed by atoms with van der Waals surface area (Å²) in [4.78, 5) is 29.5. The number of methoxy groups -OCH3 is 3. The van der Waals surface area contributed by atoms with Crippen LogP contribution in [0.4, 0.5) is 11.4 Å². The van der Waals surface area contributed by atoms with Gasteiger partial charge < -0.3 is 29.3 Å². The van der Waals surface area contributed by atoms with Crippen molar-refractivity contribution in [3.63, 3.8) is 0 Å². The van der Waals surface area contributed by atoms with Crippen molar-refractivity contribution in [2.75, 3.05) is 51.3 Å². The van der Waals surface area contributed by atoms with Gasteiger partial charge in [0, 0.05) is 50.9 Å². The molecule has 2 amide bonds. The van der Waals surface area contributed by atoms with Crippen molar-refractivity contribution in [1.82, 2.24) is 5.32 Å². The molecule has 1 atom stereocenters. The molecular formula is C25H31N3O5. The zero-order valence-corrected chi connectivity index (χ0v) is 19.6. The van der Waals surface area contributed by atoms with Crippen molar-refractivity contribution < 1.29 is 23.8 Å². The minimum absolute atomic E-state index is 0.110. The van der Waals surface area contributed by atoms with Crippen LogP contribution in [0, 0.1) is 5.92 Å². The highest BCUT2D eigenvalue weighted by molar-refractivity contribution is 6.00. The lowest BCUT2D eigenvalue weighted by atomic mass is 9.99. The normalized spacial score (nSPS) is 17.6. The Morgan fingerprint density at radius 1 is 1.09 bits per heavy atom. The molecule has 33 heavy (non-hydrogen) atoms. The Morgan fingerprint density at radius 2 is 1.82 bits per heavy atom. The lowest BCUT2D eigenvalue weighted by Crippen LogP contribution is -2.32. The van der Waals surface area contributed by atoms with E-state index in [0.29, 0.717) is 36.0 Å². The summed E-state index contributed by atoms with van der Waals surface area (Å²) in [6, 6.07) is 9.81. The molecule has 1 N–H and O–H groups in total. The zero-order chi connectivity index (χ0) is 23.5. The fraction of sp³-hybridized carbons (Fsp3) is 0.440. The van der Waals surface area contributed by atoms with Crippen LogP contribution < -0.4 is 29.3 Å². The molecule has 1 fully saturated rings. The summed E-state index contributed by atoms with van der Waals surface area (Å²) in [5.41, 5.74) is 4.27. The molecular weight excluding hydrogens is 422 g/mol. The van der Waals surface area contributed by atoms with Gasteiger partial charge in [0.1, 0.15) is 0 Å². The number of aryl methyl sites for hydroxylation is 1. The number of amides is 2. The Labute approximate surface area is 194 Å². The molecule has 1 unspecified atom stereocenters. The van der Waals surface area contributed by atoms with Crippen LogP contribution in [0.5, 0.6) is 17.2 Å². The number of rotatable bonds is 7. The van der Waals surface area contributed by atoms with E-state index in [0.717, 1.165) is 24.9 Å². The number of anilines is 2. The van der Waals surface area contributed by atoms with E-state index in [1.807, 2.05) is 0 Å². The first-order valence-electron chi connectivity index (χ1n) is 11.2. The lowest BCUT2D eigenvalue weighted by molar-refractivity contribution is -0.126. The number of ether oxygens (including phenoxy) is 3. The number of carbonyl (C=O) groups excluding carboxylic acids is 2. The van der Waals surface area contributed by atoms with Gasteiger partial charge in [-0.15, -0.1) is 0 Å². The Balaban J connectivity index is 1.43. The number of benzene rings is 2. The lowest BCUT2D eigenvalue weighted by Gasteiger charge is -2.27. The first-order valence-corrected chi connectivity index (χ1v) is 11.2. The SMILES string of the molecule is COc1cc(N2CC(C(=O)NCc3ccc4c(c3)CCCN4C)CC2=O)cc(OC)c1OC. The molecule has 0 aliphatic carbocycles. The standard InChI is InChI=1S/C25H31N3O5/c1-27-9-5-6-17-10-16(7-8-20(17)27)14-26-25(30)18-11-23(29)28(15-18)19-12-21(31-2)24(33-4)22(13-19)32-3/h7-8,10,12-13,18H,5-6,9,11,14-15H2,1-4H3,(H,26,30). The van der Waals surface area contributed by atoms with E-state index in [9.17, 15) is 9.59 Å². The van der Waals surface area contributed by atoms with Crippen molar-refractivity contribution in [3.05, 3.63) is 41.5 Å².